The Morgan fingerprint density at radius 1 is 0.955 bits per heavy atom. The molecule has 0 aliphatic heterocycles. The van der Waals surface area contributed by atoms with Gasteiger partial charge in [0.2, 0.25) is 0 Å². The molecule has 0 rings (SSSR count). The summed E-state index contributed by atoms with van der Waals surface area (Å²) in [5.41, 5.74) is -0.383. The van der Waals surface area contributed by atoms with Crippen molar-refractivity contribution >= 4 is 43.8 Å². The van der Waals surface area contributed by atoms with Gasteiger partial charge in [-0.3, -0.25) is 9.59 Å². The Morgan fingerprint density at radius 2 is 1.32 bits per heavy atom. The fourth-order valence-corrected chi connectivity index (χ4v) is 3.46. The molecule has 0 radical (unpaired) electrons. The van der Waals surface area contributed by atoms with Crippen molar-refractivity contribution in [2.24, 2.45) is 23.7 Å². The van der Waals surface area contributed by atoms with Crippen molar-refractivity contribution < 1.29 is 19.4 Å². The zero-order valence-corrected chi connectivity index (χ0v) is 17.8. The second-order valence-corrected chi connectivity index (χ2v) is 8.18. The van der Waals surface area contributed by atoms with Crippen LogP contribution < -0.4 is 0 Å². The van der Waals surface area contributed by atoms with E-state index in [1.54, 1.807) is 0 Å². The molecule has 0 aliphatic rings. The summed E-state index contributed by atoms with van der Waals surface area (Å²) in [5, 5.41) is 9.72. The average molecular weight is 446 g/mol. The highest BCUT2D eigenvalue weighted by molar-refractivity contribution is 9.09. The molecule has 1 N–H and O–H groups in total. The van der Waals surface area contributed by atoms with Gasteiger partial charge in [0.15, 0.2) is 0 Å². The van der Waals surface area contributed by atoms with Crippen molar-refractivity contribution in [1.29, 1.82) is 0 Å². The minimum Gasteiger partial charge on any atom is -0.481 e. The van der Waals surface area contributed by atoms with Gasteiger partial charge in [-0.1, -0.05) is 59.6 Å². The predicted octanol–water partition coefficient (Wildman–Crippen LogP) is 4.73. The van der Waals surface area contributed by atoms with Crippen LogP contribution in [0.4, 0.5) is 0 Å². The van der Waals surface area contributed by atoms with Gasteiger partial charge in [-0.15, -0.1) is 0 Å². The maximum absolute atomic E-state index is 11.6. The number of halogens is 2. The number of carboxylic acid groups (broad SMARTS) is 1. The molecule has 0 aromatic heterocycles. The van der Waals surface area contributed by atoms with Crippen molar-refractivity contribution in [2.75, 3.05) is 10.7 Å². The maximum atomic E-state index is 11.6. The van der Waals surface area contributed by atoms with E-state index in [2.05, 4.69) is 31.9 Å². The summed E-state index contributed by atoms with van der Waals surface area (Å²) in [6.07, 6.45) is 0. The molecule has 0 bridgehead atoms. The SMILES string of the molecule is CC(C)C(CBr)C(=O)O.CC(C)C(CBr)C(=O)OC(C)(C)C. The third-order valence-electron chi connectivity index (χ3n) is 2.97. The number of carboxylic acids is 1. The summed E-state index contributed by atoms with van der Waals surface area (Å²) >= 11 is 6.46. The van der Waals surface area contributed by atoms with Crippen LogP contribution in [0, 0.1) is 23.7 Å². The molecular weight excluding hydrogens is 416 g/mol. The predicted molar refractivity (Wildman–Crippen MR) is 97.7 cm³/mol. The van der Waals surface area contributed by atoms with Crippen LogP contribution in [0.25, 0.3) is 0 Å². The van der Waals surface area contributed by atoms with Crippen LogP contribution >= 0.6 is 31.9 Å². The second kappa shape index (κ2) is 11.4. The van der Waals surface area contributed by atoms with E-state index in [4.69, 9.17) is 9.84 Å². The van der Waals surface area contributed by atoms with Crippen molar-refractivity contribution in [1.82, 2.24) is 0 Å². The summed E-state index contributed by atoms with van der Waals surface area (Å²) in [5.74, 6) is -0.596. The minimum atomic E-state index is -0.720. The molecule has 22 heavy (non-hydrogen) atoms. The van der Waals surface area contributed by atoms with Crippen LogP contribution in [0.15, 0.2) is 0 Å². The molecule has 0 fully saturated rings. The summed E-state index contributed by atoms with van der Waals surface area (Å²) in [6.45, 7) is 13.5. The van der Waals surface area contributed by atoms with Gasteiger partial charge in [-0.2, -0.15) is 0 Å². The van der Waals surface area contributed by atoms with Gasteiger partial charge in [0.25, 0.3) is 0 Å². The quantitative estimate of drug-likeness (QED) is 0.473. The summed E-state index contributed by atoms with van der Waals surface area (Å²) in [7, 11) is 0. The molecular formula is C16H30Br2O4. The first kappa shape index (κ1) is 24.2. The fourth-order valence-electron chi connectivity index (χ4n) is 1.42. The number of alkyl halides is 2. The number of rotatable bonds is 6. The fraction of sp³-hybridized carbons (Fsp3) is 0.875. The maximum Gasteiger partial charge on any atom is 0.310 e. The standard InChI is InChI=1S/C10H19BrO2.C6H11BrO2/c1-7(2)8(6-11)9(12)13-10(3,4)5;1-4(2)5(3-7)6(8)9/h7-8H,6H2,1-5H3;4-5H,3H2,1-2H3,(H,8,9). The average Bonchev–Trinajstić information content (AvgIpc) is 2.26. The number of ether oxygens (including phenoxy) is 1. The number of esters is 1. The summed E-state index contributed by atoms with van der Waals surface area (Å²) in [4.78, 5) is 21.9. The lowest BCUT2D eigenvalue weighted by atomic mass is 9.98. The topological polar surface area (TPSA) is 63.6 Å². The second-order valence-electron chi connectivity index (χ2n) is 6.88. The molecule has 2 unspecified atom stereocenters. The van der Waals surface area contributed by atoms with E-state index in [-0.39, 0.29) is 29.3 Å². The number of carbonyl (C=O) groups is 2. The Kier molecular flexibility index (Phi) is 12.6. The van der Waals surface area contributed by atoms with Crippen LogP contribution in [0.2, 0.25) is 0 Å². The molecule has 4 nitrogen and oxygen atoms in total. The van der Waals surface area contributed by atoms with Gasteiger partial charge in [-0.05, 0) is 32.6 Å². The normalized spacial score (nSPS) is 14.1. The highest BCUT2D eigenvalue weighted by Gasteiger charge is 2.26. The van der Waals surface area contributed by atoms with Crippen LogP contribution in [0.3, 0.4) is 0 Å². The zero-order valence-electron chi connectivity index (χ0n) is 14.7. The van der Waals surface area contributed by atoms with E-state index < -0.39 is 5.97 Å². The number of carbonyl (C=O) groups excluding carboxylic acids is 1. The molecule has 0 spiro atoms. The third-order valence-corrected chi connectivity index (χ3v) is 4.36. The van der Waals surface area contributed by atoms with Gasteiger partial charge in [0.05, 0.1) is 11.8 Å². The summed E-state index contributed by atoms with van der Waals surface area (Å²) in [6, 6.07) is 0. The Hall–Kier alpha value is -0.100. The van der Waals surface area contributed by atoms with Gasteiger partial charge in [-0.25, -0.2) is 0 Å². The lowest BCUT2D eigenvalue weighted by molar-refractivity contribution is -0.160. The van der Waals surface area contributed by atoms with E-state index >= 15 is 0 Å². The molecule has 0 aliphatic carbocycles. The van der Waals surface area contributed by atoms with Crippen molar-refractivity contribution in [3.63, 3.8) is 0 Å². The van der Waals surface area contributed by atoms with Crippen molar-refractivity contribution in [2.45, 2.75) is 54.1 Å². The Bertz CT molecular complexity index is 336. The van der Waals surface area contributed by atoms with Crippen LogP contribution in [0.1, 0.15) is 48.5 Å². The Labute approximate surface area is 151 Å². The largest absolute Gasteiger partial charge is 0.481 e. The molecule has 0 saturated carbocycles. The van der Waals surface area contributed by atoms with Crippen LogP contribution in [-0.2, 0) is 14.3 Å². The minimum absolute atomic E-state index is 0.0424. The molecule has 132 valence electrons. The monoisotopic (exact) mass is 444 g/mol. The number of hydrogen-bond acceptors (Lipinski definition) is 3. The molecule has 6 heteroatoms. The highest BCUT2D eigenvalue weighted by atomic mass is 79.9. The van der Waals surface area contributed by atoms with Crippen molar-refractivity contribution in [3.8, 4) is 0 Å². The smallest absolute Gasteiger partial charge is 0.310 e. The van der Waals surface area contributed by atoms with E-state index in [0.717, 1.165) is 0 Å². The molecule has 0 aromatic rings. The van der Waals surface area contributed by atoms with Crippen LogP contribution in [-0.4, -0.2) is 33.3 Å². The molecule has 0 aromatic carbocycles. The highest BCUT2D eigenvalue weighted by Crippen LogP contribution is 2.19. The summed E-state index contributed by atoms with van der Waals surface area (Å²) < 4.78 is 5.28. The Balaban J connectivity index is 0. The first-order chi connectivity index (χ1) is 9.87. The van der Waals surface area contributed by atoms with Gasteiger partial charge in [0.1, 0.15) is 5.60 Å². The molecule has 0 saturated heterocycles. The first-order valence-electron chi connectivity index (χ1n) is 7.44. The van der Waals surface area contributed by atoms with E-state index in [1.165, 1.54) is 0 Å². The third kappa shape index (κ3) is 11.5. The van der Waals surface area contributed by atoms with Gasteiger partial charge >= 0.3 is 11.9 Å². The van der Waals surface area contributed by atoms with Crippen molar-refractivity contribution in [3.05, 3.63) is 0 Å². The van der Waals surface area contributed by atoms with Gasteiger partial charge < -0.3 is 9.84 Å². The Morgan fingerprint density at radius 3 is 1.45 bits per heavy atom. The van der Waals surface area contributed by atoms with E-state index in [9.17, 15) is 9.59 Å². The zero-order chi connectivity index (χ0) is 18.1. The molecule has 0 amide bonds. The van der Waals surface area contributed by atoms with E-state index in [0.29, 0.717) is 16.6 Å². The van der Waals surface area contributed by atoms with E-state index in [1.807, 2.05) is 48.5 Å². The lowest BCUT2D eigenvalue weighted by Gasteiger charge is -2.24. The lowest BCUT2D eigenvalue weighted by Crippen LogP contribution is -2.31. The van der Waals surface area contributed by atoms with Crippen LogP contribution in [0.5, 0.6) is 0 Å². The number of hydrogen-bond donors (Lipinski definition) is 1. The molecule has 0 heterocycles. The number of aliphatic carboxylic acids is 1. The van der Waals surface area contributed by atoms with Gasteiger partial charge in [0, 0.05) is 10.7 Å². The first-order valence-corrected chi connectivity index (χ1v) is 9.69. The molecule has 2 atom stereocenters.